The summed E-state index contributed by atoms with van der Waals surface area (Å²) in [7, 11) is 2.14. The molecular weight excluding hydrogens is 441 g/mol. The average Bonchev–Trinajstić information content (AvgIpc) is 3.18. The fourth-order valence-electron chi connectivity index (χ4n) is 4.62. The van der Waals surface area contributed by atoms with Crippen molar-refractivity contribution in [1.82, 2.24) is 24.1 Å². The molecule has 0 bridgehead atoms. The van der Waals surface area contributed by atoms with E-state index in [0.717, 1.165) is 83.3 Å². The van der Waals surface area contributed by atoms with Crippen LogP contribution < -0.4 is 15.8 Å². The molecule has 0 radical (unpaired) electrons. The van der Waals surface area contributed by atoms with Gasteiger partial charge < -0.3 is 20.4 Å². The Morgan fingerprint density at radius 3 is 2.56 bits per heavy atom. The smallest absolute Gasteiger partial charge is 0.365 e. The molecule has 8 nitrogen and oxygen atoms in total. The van der Waals surface area contributed by atoms with Crippen LogP contribution in [-0.4, -0.2) is 88.5 Å². The molecule has 1 aliphatic carbocycles. The van der Waals surface area contributed by atoms with Gasteiger partial charge in [0.25, 0.3) is 0 Å². The van der Waals surface area contributed by atoms with Gasteiger partial charge in [0.2, 0.25) is 5.95 Å². The fourth-order valence-corrected chi connectivity index (χ4v) is 5.09. The first kappa shape index (κ1) is 23.8. The third-order valence-corrected chi connectivity index (χ3v) is 7.55. The summed E-state index contributed by atoms with van der Waals surface area (Å²) in [5, 5.41) is 12.0. The molecule has 1 saturated carbocycles. The van der Waals surface area contributed by atoms with Crippen LogP contribution in [0.15, 0.2) is 6.20 Å². The molecule has 32 heavy (non-hydrogen) atoms. The van der Waals surface area contributed by atoms with Crippen molar-refractivity contribution >= 4 is 23.9 Å². The average molecular weight is 475 g/mol. The molecule has 1 aromatic rings. The number of likely N-dealkylation sites (N-methyl/N-ethyl adjacent to an activating group) is 1. The van der Waals surface area contributed by atoms with E-state index in [-0.39, 0.29) is 23.3 Å². The van der Waals surface area contributed by atoms with Crippen molar-refractivity contribution in [2.75, 3.05) is 63.5 Å². The third kappa shape index (κ3) is 5.77. The van der Waals surface area contributed by atoms with E-state index in [9.17, 15) is 13.2 Å². The zero-order valence-corrected chi connectivity index (χ0v) is 19.3. The van der Waals surface area contributed by atoms with Crippen LogP contribution in [0.5, 0.6) is 0 Å². The highest BCUT2D eigenvalue weighted by Gasteiger charge is 2.40. The molecule has 3 fully saturated rings. The highest BCUT2D eigenvalue weighted by atomic mass is 32.2. The van der Waals surface area contributed by atoms with Crippen molar-refractivity contribution in [2.45, 2.75) is 49.9 Å². The lowest BCUT2D eigenvalue weighted by molar-refractivity contribution is -0.137. The summed E-state index contributed by atoms with van der Waals surface area (Å²) in [4.78, 5) is 13.1. The molecule has 2 aliphatic heterocycles. The molecule has 4 rings (SSSR count). The van der Waals surface area contributed by atoms with E-state index in [1.54, 1.807) is 0 Å². The standard InChI is InChI=1S/C20H33F3N8S/c1-29-9-11-30(12-10-29)8-6-19(4-2-5-19)28-18-25-13-16(20(21,22)23)17(27-18)26-15-3-7-31(14-15)32-24/h13,15H,2-12,14,24H2,1H3,(H2,25,26,27,28). The van der Waals surface area contributed by atoms with Crippen LogP contribution >= 0.6 is 12.1 Å². The number of halogens is 3. The molecule has 2 saturated heterocycles. The summed E-state index contributed by atoms with van der Waals surface area (Å²) in [5.74, 6) is 0.110. The zero-order valence-electron chi connectivity index (χ0n) is 18.5. The molecule has 1 unspecified atom stereocenters. The van der Waals surface area contributed by atoms with E-state index in [1.165, 1.54) is 0 Å². The van der Waals surface area contributed by atoms with E-state index < -0.39 is 11.7 Å². The lowest BCUT2D eigenvalue weighted by Gasteiger charge is -2.44. The Kier molecular flexibility index (Phi) is 7.35. The van der Waals surface area contributed by atoms with Crippen molar-refractivity contribution < 1.29 is 13.2 Å². The number of nitrogens with one attached hydrogen (secondary N) is 2. The Hall–Kier alpha value is -1.34. The SMILES string of the molecule is CN1CCN(CCC2(Nc3ncc(C(F)(F)F)c(NC4CCN(SN)C4)n3)CCC2)CC1. The van der Waals surface area contributed by atoms with Crippen LogP contribution in [-0.2, 0) is 6.18 Å². The maximum atomic E-state index is 13.6. The van der Waals surface area contributed by atoms with Crippen molar-refractivity contribution in [2.24, 2.45) is 5.14 Å². The molecule has 0 amide bonds. The number of anilines is 2. The predicted octanol–water partition coefficient (Wildman–Crippen LogP) is 2.48. The second kappa shape index (κ2) is 9.88. The van der Waals surface area contributed by atoms with Crippen molar-refractivity contribution in [1.29, 1.82) is 0 Å². The first-order chi connectivity index (χ1) is 15.3. The molecule has 12 heteroatoms. The van der Waals surface area contributed by atoms with E-state index in [0.29, 0.717) is 13.0 Å². The molecule has 0 spiro atoms. The largest absolute Gasteiger partial charge is 0.421 e. The van der Waals surface area contributed by atoms with Gasteiger partial charge in [-0.15, -0.1) is 0 Å². The normalized spacial score (nSPS) is 25.0. The molecule has 3 heterocycles. The number of nitrogens with zero attached hydrogens (tertiary/aromatic N) is 5. The van der Waals surface area contributed by atoms with Gasteiger partial charge in [-0.3, -0.25) is 5.14 Å². The summed E-state index contributed by atoms with van der Waals surface area (Å²) in [5.41, 5.74) is -0.970. The molecule has 4 N–H and O–H groups in total. The van der Waals surface area contributed by atoms with Crippen molar-refractivity contribution in [3.05, 3.63) is 11.8 Å². The predicted molar refractivity (Wildman–Crippen MR) is 121 cm³/mol. The molecule has 1 atom stereocenters. The Balaban J connectivity index is 1.44. The summed E-state index contributed by atoms with van der Waals surface area (Å²) >= 11 is 1.11. The van der Waals surface area contributed by atoms with Gasteiger partial charge in [0.15, 0.2) is 0 Å². The number of rotatable bonds is 8. The Bertz CT molecular complexity index is 768. The Morgan fingerprint density at radius 1 is 1.22 bits per heavy atom. The van der Waals surface area contributed by atoms with E-state index in [2.05, 4.69) is 37.4 Å². The van der Waals surface area contributed by atoms with Crippen LogP contribution in [0.1, 0.15) is 37.7 Å². The van der Waals surface area contributed by atoms with Crippen LogP contribution in [0.25, 0.3) is 0 Å². The van der Waals surface area contributed by atoms with E-state index in [4.69, 9.17) is 5.14 Å². The van der Waals surface area contributed by atoms with Gasteiger partial charge in [-0.25, -0.2) is 9.29 Å². The number of nitrogens with two attached hydrogens (primary N) is 1. The molecule has 0 aromatic carbocycles. The van der Waals surface area contributed by atoms with Crippen LogP contribution in [0.3, 0.4) is 0 Å². The molecule has 3 aliphatic rings. The van der Waals surface area contributed by atoms with Crippen LogP contribution in [0, 0.1) is 0 Å². The summed E-state index contributed by atoms with van der Waals surface area (Å²) in [6.45, 7) is 6.51. The van der Waals surface area contributed by atoms with Gasteiger partial charge in [0, 0.05) is 75.7 Å². The highest BCUT2D eigenvalue weighted by Crippen LogP contribution is 2.39. The monoisotopic (exact) mass is 474 g/mol. The second-order valence-electron chi connectivity index (χ2n) is 9.23. The van der Waals surface area contributed by atoms with Crippen molar-refractivity contribution in [3.8, 4) is 0 Å². The third-order valence-electron chi connectivity index (χ3n) is 6.93. The maximum absolute atomic E-state index is 13.6. The van der Waals surface area contributed by atoms with Gasteiger partial charge in [-0.1, -0.05) is 0 Å². The first-order valence-electron chi connectivity index (χ1n) is 11.3. The number of hydrogen-bond donors (Lipinski definition) is 3. The van der Waals surface area contributed by atoms with Crippen LogP contribution in [0.4, 0.5) is 24.9 Å². The highest BCUT2D eigenvalue weighted by molar-refractivity contribution is 7.94. The first-order valence-corrected chi connectivity index (χ1v) is 12.1. The summed E-state index contributed by atoms with van der Waals surface area (Å²) < 4.78 is 42.7. The quantitative estimate of drug-likeness (QED) is 0.492. The van der Waals surface area contributed by atoms with Gasteiger partial charge in [-0.2, -0.15) is 18.2 Å². The van der Waals surface area contributed by atoms with Gasteiger partial charge in [0.1, 0.15) is 11.4 Å². The Labute approximate surface area is 191 Å². The summed E-state index contributed by atoms with van der Waals surface area (Å²) in [6, 6.07) is -0.134. The minimum absolute atomic E-state index is 0.134. The summed E-state index contributed by atoms with van der Waals surface area (Å²) in [6.07, 6.45) is 1.11. The lowest BCUT2D eigenvalue weighted by atomic mass is 9.74. The Morgan fingerprint density at radius 2 is 1.97 bits per heavy atom. The number of aromatic nitrogens is 2. The van der Waals surface area contributed by atoms with Gasteiger partial charge in [0.05, 0.1) is 0 Å². The number of hydrogen-bond acceptors (Lipinski definition) is 9. The minimum Gasteiger partial charge on any atom is -0.365 e. The number of alkyl halides is 3. The second-order valence-corrected chi connectivity index (χ2v) is 9.96. The van der Waals surface area contributed by atoms with E-state index in [1.807, 2.05) is 4.31 Å². The van der Waals surface area contributed by atoms with Gasteiger partial charge in [-0.05, 0) is 39.2 Å². The van der Waals surface area contributed by atoms with Crippen molar-refractivity contribution in [3.63, 3.8) is 0 Å². The molecule has 180 valence electrons. The van der Waals surface area contributed by atoms with Crippen LogP contribution in [0.2, 0.25) is 0 Å². The zero-order chi connectivity index (χ0) is 22.8. The lowest BCUT2D eigenvalue weighted by Crippen LogP contribution is -2.50. The molecule has 1 aromatic heterocycles. The number of piperazine rings is 1. The molecular formula is C20H33F3N8S. The topological polar surface area (TPSA) is 85.6 Å². The van der Waals surface area contributed by atoms with Gasteiger partial charge >= 0.3 is 6.18 Å². The minimum atomic E-state index is -4.52. The maximum Gasteiger partial charge on any atom is 0.421 e. The van der Waals surface area contributed by atoms with E-state index >= 15 is 0 Å². The fraction of sp³-hybridized carbons (Fsp3) is 0.800.